The lowest BCUT2D eigenvalue weighted by molar-refractivity contribution is 0.103. The first-order chi connectivity index (χ1) is 13.2. The number of nitrogens with zero attached hydrogens (tertiary/aromatic N) is 2. The number of rotatable bonds is 5. The molecule has 146 valence electrons. The van der Waals surface area contributed by atoms with Gasteiger partial charge in [-0.25, -0.2) is 8.42 Å². The number of methoxy groups -OCH3 is 1. The molecule has 1 heterocycles. The van der Waals surface area contributed by atoms with Crippen LogP contribution in [0.4, 0.5) is 0 Å². The summed E-state index contributed by atoms with van der Waals surface area (Å²) >= 11 is 0. The Morgan fingerprint density at radius 2 is 2.04 bits per heavy atom. The number of Topliss-reactive ketones (excluding diaryl/α,β-unsaturated/α-hetero) is 1. The number of hydrogen-bond donors (Lipinski definition) is 1. The first-order valence-electron chi connectivity index (χ1n) is 8.70. The van der Waals surface area contributed by atoms with Crippen LogP contribution in [0.1, 0.15) is 23.7 Å². The van der Waals surface area contributed by atoms with Crippen LogP contribution >= 0.6 is 0 Å². The number of nitriles is 1. The maximum Gasteiger partial charge on any atom is 0.245 e. The van der Waals surface area contributed by atoms with E-state index in [2.05, 4.69) is 0 Å². The minimum absolute atomic E-state index is 0.211. The van der Waals surface area contributed by atoms with E-state index in [1.54, 1.807) is 31.4 Å². The van der Waals surface area contributed by atoms with Crippen LogP contribution in [0.25, 0.3) is 0 Å². The van der Waals surface area contributed by atoms with E-state index in [0.29, 0.717) is 28.9 Å². The Hall–Kier alpha value is -2.89. The van der Waals surface area contributed by atoms with Gasteiger partial charge in [0.25, 0.3) is 0 Å². The zero-order chi connectivity index (χ0) is 20.5. The zero-order valence-corrected chi connectivity index (χ0v) is 16.4. The first-order valence-corrected chi connectivity index (χ1v) is 10.1. The van der Waals surface area contributed by atoms with E-state index < -0.39 is 20.8 Å². The average molecular weight is 399 g/mol. The Morgan fingerprint density at radius 3 is 2.57 bits per heavy atom. The fourth-order valence-corrected chi connectivity index (χ4v) is 4.91. The number of nitrogens with two attached hydrogens (primary N) is 1. The van der Waals surface area contributed by atoms with Crippen molar-refractivity contribution >= 4 is 15.8 Å². The van der Waals surface area contributed by atoms with Crippen molar-refractivity contribution in [1.82, 2.24) is 4.31 Å². The minimum atomic E-state index is -3.85. The van der Waals surface area contributed by atoms with E-state index >= 15 is 0 Å². The molecule has 0 fully saturated rings. The third-order valence-corrected chi connectivity index (χ3v) is 7.56. The predicted octanol–water partition coefficient (Wildman–Crippen LogP) is 1.90. The number of ketones is 1. The van der Waals surface area contributed by atoms with Crippen molar-refractivity contribution < 1.29 is 17.9 Å². The van der Waals surface area contributed by atoms with E-state index in [1.807, 2.05) is 6.07 Å². The van der Waals surface area contributed by atoms with Crippen LogP contribution in [0, 0.1) is 11.3 Å². The third kappa shape index (κ3) is 3.23. The largest absolute Gasteiger partial charge is 0.497 e. The summed E-state index contributed by atoms with van der Waals surface area (Å²) in [6.07, 6.45) is 6.17. The lowest BCUT2D eigenvalue weighted by Crippen LogP contribution is -2.54. The summed E-state index contributed by atoms with van der Waals surface area (Å²) in [5, 5.41) is 8.98. The van der Waals surface area contributed by atoms with Crippen LogP contribution in [0.15, 0.2) is 59.8 Å². The number of allylic oxidation sites excluding steroid dienone is 2. The Kier molecular flexibility index (Phi) is 5.15. The Labute approximate surface area is 164 Å². The molecule has 0 saturated heterocycles. The fourth-order valence-electron chi connectivity index (χ4n) is 3.16. The lowest BCUT2D eigenvalue weighted by atomic mass is 9.89. The first kappa shape index (κ1) is 19.9. The number of sulfonamides is 1. The molecule has 0 bridgehead atoms. The van der Waals surface area contributed by atoms with Crippen LogP contribution in [-0.2, 0) is 10.0 Å². The number of hydrogen-bond acceptors (Lipinski definition) is 6. The monoisotopic (exact) mass is 399 g/mol. The lowest BCUT2D eigenvalue weighted by Gasteiger charge is -2.36. The van der Waals surface area contributed by atoms with Crippen molar-refractivity contribution in [1.29, 1.82) is 5.26 Å². The molecular weight excluding hydrogens is 378 g/mol. The predicted molar refractivity (Wildman–Crippen MR) is 105 cm³/mol. The second kappa shape index (κ2) is 7.26. The minimum Gasteiger partial charge on any atom is -0.497 e. The third-order valence-electron chi connectivity index (χ3n) is 5.14. The van der Waals surface area contributed by atoms with E-state index in [9.17, 15) is 13.2 Å². The van der Waals surface area contributed by atoms with Crippen LogP contribution in [-0.4, -0.2) is 42.9 Å². The molecule has 0 aromatic heterocycles. The molecule has 1 aromatic carbocycles. The summed E-state index contributed by atoms with van der Waals surface area (Å²) in [7, 11) is -2.31. The molecule has 0 radical (unpaired) electrons. The molecule has 2 unspecified atom stereocenters. The van der Waals surface area contributed by atoms with Gasteiger partial charge in [-0.3, -0.25) is 9.10 Å². The van der Waals surface area contributed by atoms with Gasteiger partial charge in [0, 0.05) is 41.9 Å². The van der Waals surface area contributed by atoms with Gasteiger partial charge in [-0.2, -0.15) is 5.26 Å². The molecule has 7 nitrogen and oxygen atoms in total. The van der Waals surface area contributed by atoms with Crippen LogP contribution in [0.5, 0.6) is 5.75 Å². The van der Waals surface area contributed by atoms with Crippen molar-refractivity contribution in [2.45, 2.75) is 24.1 Å². The summed E-state index contributed by atoms with van der Waals surface area (Å²) in [6.45, 7) is 1.73. The van der Waals surface area contributed by atoms with Gasteiger partial charge in [0.05, 0.1) is 13.2 Å². The molecule has 1 aromatic rings. The highest BCUT2D eigenvalue weighted by atomic mass is 32.2. The molecular formula is C20H21N3O4S. The molecule has 2 atom stereocenters. The van der Waals surface area contributed by atoms with Gasteiger partial charge in [0.1, 0.15) is 10.5 Å². The Balaban J connectivity index is 1.86. The Morgan fingerprint density at radius 1 is 1.36 bits per heavy atom. The molecule has 2 aliphatic rings. The molecule has 28 heavy (non-hydrogen) atoms. The van der Waals surface area contributed by atoms with Crippen molar-refractivity contribution in [3.63, 3.8) is 0 Å². The molecule has 3 rings (SSSR count). The van der Waals surface area contributed by atoms with Crippen molar-refractivity contribution in [2.75, 3.05) is 13.7 Å². The molecule has 2 N–H and O–H groups in total. The Bertz CT molecular complexity index is 1030. The van der Waals surface area contributed by atoms with Crippen LogP contribution in [0.2, 0.25) is 0 Å². The maximum absolute atomic E-state index is 13.1. The molecule has 0 saturated carbocycles. The van der Waals surface area contributed by atoms with E-state index in [4.69, 9.17) is 15.7 Å². The second-order valence-electron chi connectivity index (χ2n) is 6.85. The van der Waals surface area contributed by atoms with Crippen molar-refractivity contribution in [3.05, 3.63) is 65.4 Å². The highest BCUT2D eigenvalue weighted by Gasteiger charge is 2.47. The van der Waals surface area contributed by atoms with Gasteiger partial charge < -0.3 is 10.5 Å². The number of ether oxygens (including phenoxy) is 1. The SMILES string of the molecule is COc1ccc(C(=O)C2=CC(N)C(C)(S(=O)(=O)N3C=C(C#N)CC3)C=C2)cc1. The molecule has 0 amide bonds. The van der Waals surface area contributed by atoms with Crippen molar-refractivity contribution in [2.24, 2.45) is 5.73 Å². The summed E-state index contributed by atoms with van der Waals surface area (Å²) in [4.78, 5) is 12.7. The second-order valence-corrected chi connectivity index (χ2v) is 9.15. The van der Waals surface area contributed by atoms with Gasteiger partial charge in [0.2, 0.25) is 10.0 Å². The van der Waals surface area contributed by atoms with Gasteiger partial charge in [0.15, 0.2) is 5.78 Å². The summed E-state index contributed by atoms with van der Waals surface area (Å²) in [5.41, 5.74) is 7.39. The molecule has 1 aliphatic heterocycles. The van der Waals surface area contributed by atoms with Gasteiger partial charge in [-0.05, 0) is 31.2 Å². The smallest absolute Gasteiger partial charge is 0.245 e. The molecule has 8 heteroatoms. The number of carbonyl (C=O) groups is 1. The van der Waals surface area contributed by atoms with E-state index in [1.165, 1.54) is 35.7 Å². The van der Waals surface area contributed by atoms with Gasteiger partial charge in [-0.15, -0.1) is 0 Å². The standard InChI is InChI=1S/C20H21N3O4S/c1-20(28(25,26)23-10-8-14(12-21)13-23)9-7-16(11-18(20)22)19(24)15-3-5-17(27-2)6-4-15/h3-7,9,11,13,18H,8,10,22H2,1-2H3. The number of carbonyl (C=O) groups excluding carboxylic acids is 1. The quantitative estimate of drug-likeness (QED) is 0.757. The van der Waals surface area contributed by atoms with Crippen LogP contribution in [0.3, 0.4) is 0 Å². The molecule has 0 spiro atoms. The summed E-state index contributed by atoms with van der Waals surface area (Å²) < 4.78 is 31.1. The van der Waals surface area contributed by atoms with Gasteiger partial charge in [-0.1, -0.05) is 18.2 Å². The highest BCUT2D eigenvalue weighted by molar-refractivity contribution is 7.90. The normalized spacial score (nSPS) is 24.4. The molecule has 1 aliphatic carbocycles. The maximum atomic E-state index is 13.1. The summed E-state index contributed by atoms with van der Waals surface area (Å²) in [5.74, 6) is 0.386. The topological polar surface area (TPSA) is 113 Å². The summed E-state index contributed by atoms with van der Waals surface area (Å²) in [6, 6.07) is 7.71. The number of benzene rings is 1. The zero-order valence-electron chi connectivity index (χ0n) is 15.6. The highest BCUT2D eigenvalue weighted by Crippen LogP contribution is 2.34. The van der Waals surface area contributed by atoms with Crippen LogP contribution < -0.4 is 10.5 Å². The van der Waals surface area contributed by atoms with E-state index in [0.717, 1.165) is 0 Å². The van der Waals surface area contributed by atoms with Crippen molar-refractivity contribution in [3.8, 4) is 11.8 Å². The van der Waals surface area contributed by atoms with E-state index in [-0.39, 0.29) is 12.3 Å². The fraction of sp³-hybridized carbons (Fsp3) is 0.300. The van der Waals surface area contributed by atoms with Gasteiger partial charge >= 0.3 is 0 Å². The average Bonchev–Trinajstić information content (AvgIpc) is 3.19.